The van der Waals surface area contributed by atoms with Gasteiger partial charge in [0, 0.05) is 23.4 Å². The van der Waals surface area contributed by atoms with Crippen LogP contribution in [0.25, 0.3) is 22.5 Å². The molecular weight excluding hydrogens is 418 g/mol. The summed E-state index contributed by atoms with van der Waals surface area (Å²) >= 11 is 0. The van der Waals surface area contributed by atoms with Gasteiger partial charge in [-0.25, -0.2) is 4.98 Å². The van der Waals surface area contributed by atoms with Crippen LogP contribution in [-0.4, -0.2) is 48.9 Å². The molecule has 170 valence electrons. The fraction of sp³-hybridized carbons (Fsp3) is 0.333. The Labute approximate surface area is 192 Å². The highest BCUT2D eigenvalue weighted by molar-refractivity contribution is 5.70. The van der Waals surface area contributed by atoms with E-state index in [2.05, 4.69) is 44.2 Å². The summed E-state index contributed by atoms with van der Waals surface area (Å²) in [6, 6.07) is 11.8. The number of nitrogens with zero attached hydrogens (tertiary/aromatic N) is 7. The average Bonchev–Trinajstić information content (AvgIpc) is 3.28. The van der Waals surface area contributed by atoms with Crippen LogP contribution in [0.3, 0.4) is 0 Å². The highest BCUT2D eigenvalue weighted by Gasteiger charge is 2.19. The predicted molar refractivity (Wildman–Crippen MR) is 124 cm³/mol. The molecule has 3 heterocycles. The Hall–Kier alpha value is -3.88. The van der Waals surface area contributed by atoms with Crippen LogP contribution in [0.1, 0.15) is 31.3 Å². The summed E-state index contributed by atoms with van der Waals surface area (Å²) in [4.78, 5) is 14.9. The Kier molecular flexibility index (Phi) is 6.58. The number of hydrogen-bond acceptors (Lipinski definition) is 8. The number of pyridine rings is 1. The summed E-state index contributed by atoms with van der Waals surface area (Å²) in [6.45, 7) is 6.65. The van der Waals surface area contributed by atoms with E-state index in [1.165, 1.54) is 4.80 Å². The van der Waals surface area contributed by atoms with Gasteiger partial charge in [0.2, 0.25) is 11.7 Å². The van der Waals surface area contributed by atoms with E-state index < -0.39 is 0 Å². The van der Waals surface area contributed by atoms with Crippen molar-refractivity contribution in [2.75, 3.05) is 13.7 Å². The summed E-state index contributed by atoms with van der Waals surface area (Å²) in [5, 5.41) is 12.2. The van der Waals surface area contributed by atoms with Crippen LogP contribution >= 0.6 is 0 Å². The molecule has 9 nitrogen and oxygen atoms in total. The van der Waals surface area contributed by atoms with Gasteiger partial charge in [-0.05, 0) is 35.8 Å². The first-order valence-electron chi connectivity index (χ1n) is 10.8. The zero-order chi connectivity index (χ0) is 23.4. The van der Waals surface area contributed by atoms with Crippen molar-refractivity contribution in [3.63, 3.8) is 0 Å². The molecule has 0 fully saturated rings. The molecule has 33 heavy (non-hydrogen) atoms. The zero-order valence-electron chi connectivity index (χ0n) is 19.4. The normalized spacial score (nSPS) is 12.9. The molecule has 4 aromatic rings. The molecule has 1 unspecified atom stereocenters. The van der Waals surface area contributed by atoms with Crippen LogP contribution in [0.15, 0.2) is 48.8 Å². The van der Waals surface area contributed by atoms with Crippen molar-refractivity contribution in [1.29, 1.82) is 0 Å². The second-order valence-corrected chi connectivity index (χ2v) is 8.02. The lowest BCUT2D eigenvalue weighted by molar-refractivity contribution is 0.233. The molecule has 0 aliphatic rings. The van der Waals surface area contributed by atoms with Gasteiger partial charge in [0.1, 0.15) is 11.6 Å². The fourth-order valence-corrected chi connectivity index (χ4v) is 3.38. The molecule has 0 saturated heterocycles. The van der Waals surface area contributed by atoms with Crippen molar-refractivity contribution in [3.05, 3.63) is 60.3 Å². The SMILES string of the molecule is COc1ccc([C@@H](C)C(C)COc2nc(C)ncc2-c2ccc(-c3nnn(C)n3)cc2)nc1. The zero-order valence-corrected chi connectivity index (χ0v) is 19.4. The maximum absolute atomic E-state index is 6.20. The lowest BCUT2D eigenvalue weighted by Gasteiger charge is -2.20. The van der Waals surface area contributed by atoms with E-state index >= 15 is 0 Å². The van der Waals surface area contributed by atoms with E-state index in [0.717, 1.165) is 28.1 Å². The monoisotopic (exact) mass is 445 g/mol. The van der Waals surface area contributed by atoms with Gasteiger partial charge in [-0.1, -0.05) is 38.1 Å². The van der Waals surface area contributed by atoms with Gasteiger partial charge in [-0.2, -0.15) is 9.78 Å². The molecular formula is C24H27N7O2. The van der Waals surface area contributed by atoms with E-state index in [1.807, 2.05) is 43.3 Å². The third kappa shape index (κ3) is 5.14. The summed E-state index contributed by atoms with van der Waals surface area (Å²) in [6.07, 6.45) is 3.54. The summed E-state index contributed by atoms with van der Waals surface area (Å²) < 4.78 is 11.4. The Morgan fingerprint density at radius 1 is 0.970 bits per heavy atom. The first-order chi connectivity index (χ1) is 15.9. The molecule has 0 saturated carbocycles. The van der Waals surface area contributed by atoms with E-state index in [9.17, 15) is 0 Å². The molecule has 0 amide bonds. The smallest absolute Gasteiger partial charge is 0.224 e. The van der Waals surface area contributed by atoms with Gasteiger partial charge in [-0.3, -0.25) is 4.98 Å². The number of benzene rings is 1. The van der Waals surface area contributed by atoms with Crippen LogP contribution in [0.2, 0.25) is 0 Å². The summed E-state index contributed by atoms with van der Waals surface area (Å²) in [5.74, 6) is 2.98. The van der Waals surface area contributed by atoms with E-state index in [1.54, 1.807) is 26.6 Å². The van der Waals surface area contributed by atoms with Crippen LogP contribution in [-0.2, 0) is 7.05 Å². The van der Waals surface area contributed by atoms with Crippen molar-refractivity contribution in [1.82, 2.24) is 35.2 Å². The number of tetrazole rings is 1. The first kappa shape index (κ1) is 22.3. The van der Waals surface area contributed by atoms with Crippen molar-refractivity contribution < 1.29 is 9.47 Å². The molecule has 0 N–H and O–H groups in total. The average molecular weight is 446 g/mol. The van der Waals surface area contributed by atoms with Crippen LogP contribution in [0, 0.1) is 12.8 Å². The molecule has 4 rings (SSSR count). The standard InChI is InChI=1S/C24H27N7O2/c1-15(16(2)22-11-10-20(32-5)12-26-22)14-33-24-21(13-25-17(3)27-24)18-6-8-19(9-7-18)23-28-30-31(4)29-23/h6-13,15-16H,14H2,1-5H3/t15?,16-/m0/s1. The lowest BCUT2D eigenvalue weighted by Crippen LogP contribution is -2.17. The Balaban J connectivity index is 1.49. The van der Waals surface area contributed by atoms with E-state index in [0.29, 0.717) is 24.1 Å². The minimum absolute atomic E-state index is 0.209. The highest BCUT2D eigenvalue weighted by atomic mass is 16.5. The third-order valence-corrected chi connectivity index (χ3v) is 5.63. The second kappa shape index (κ2) is 9.72. The number of hydrogen-bond donors (Lipinski definition) is 0. The lowest BCUT2D eigenvalue weighted by atomic mass is 9.93. The van der Waals surface area contributed by atoms with Crippen molar-refractivity contribution in [2.45, 2.75) is 26.7 Å². The molecule has 0 bridgehead atoms. The van der Waals surface area contributed by atoms with Gasteiger partial charge >= 0.3 is 0 Å². The molecule has 1 aromatic carbocycles. The van der Waals surface area contributed by atoms with Crippen LogP contribution in [0.5, 0.6) is 11.6 Å². The van der Waals surface area contributed by atoms with Gasteiger partial charge in [0.25, 0.3) is 0 Å². The Morgan fingerprint density at radius 3 is 2.36 bits per heavy atom. The van der Waals surface area contributed by atoms with Crippen molar-refractivity contribution in [3.8, 4) is 34.1 Å². The molecule has 9 heteroatoms. The molecule has 0 aliphatic carbocycles. The number of ether oxygens (including phenoxy) is 2. The number of rotatable bonds is 8. The maximum Gasteiger partial charge on any atom is 0.224 e. The summed E-state index contributed by atoms with van der Waals surface area (Å²) in [5.41, 5.74) is 3.67. The van der Waals surface area contributed by atoms with Gasteiger partial charge in [0.05, 0.1) is 32.5 Å². The van der Waals surface area contributed by atoms with Gasteiger partial charge < -0.3 is 9.47 Å². The first-order valence-corrected chi connectivity index (χ1v) is 10.8. The molecule has 3 aromatic heterocycles. The quantitative estimate of drug-likeness (QED) is 0.403. The highest BCUT2D eigenvalue weighted by Crippen LogP contribution is 2.31. The molecule has 2 atom stereocenters. The van der Waals surface area contributed by atoms with Gasteiger partial charge in [-0.15, -0.1) is 10.2 Å². The minimum Gasteiger partial charge on any atom is -0.495 e. The second-order valence-electron chi connectivity index (χ2n) is 8.02. The number of aromatic nitrogens is 7. The molecule has 0 spiro atoms. The van der Waals surface area contributed by atoms with Crippen molar-refractivity contribution >= 4 is 0 Å². The largest absolute Gasteiger partial charge is 0.495 e. The molecule has 0 radical (unpaired) electrons. The molecule has 0 aliphatic heterocycles. The maximum atomic E-state index is 6.20. The van der Waals surface area contributed by atoms with E-state index in [-0.39, 0.29) is 11.8 Å². The van der Waals surface area contributed by atoms with Crippen LogP contribution < -0.4 is 9.47 Å². The topological polar surface area (TPSA) is 101 Å². The Bertz CT molecular complexity index is 1210. The van der Waals surface area contributed by atoms with Gasteiger partial charge in [0.15, 0.2) is 0 Å². The number of aryl methyl sites for hydroxylation is 2. The number of methoxy groups -OCH3 is 1. The van der Waals surface area contributed by atoms with Crippen LogP contribution in [0.4, 0.5) is 0 Å². The van der Waals surface area contributed by atoms with Crippen molar-refractivity contribution in [2.24, 2.45) is 13.0 Å². The summed E-state index contributed by atoms with van der Waals surface area (Å²) in [7, 11) is 3.38. The van der Waals surface area contributed by atoms with E-state index in [4.69, 9.17) is 9.47 Å². The fourth-order valence-electron chi connectivity index (χ4n) is 3.38. The minimum atomic E-state index is 0.209. The predicted octanol–water partition coefficient (Wildman–Crippen LogP) is 3.86. The third-order valence-electron chi connectivity index (χ3n) is 5.63. The Morgan fingerprint density at radius 2 is 1.73 bits per heavy atom.